The van der Waals surface area contributed by atoms with E-state index in [-0.39, 0.29) is 0 Å². The maximum Gasteiger partial charge on any atom is 0.106 e. The molecule has 0 aliphatic heterocycles. The maximum absolute atomic E-state index is 5.96. The number of thiazole rings is 1. The second kappa shape index (κ2) is 3.43. The average Bonchev–Trinajstić information content (AvgIpc) is 2.66. The van der Waals surface area contributed by atoms with Crippen molar-refractivity contribution in [1.29, 1.82) is 0 Å². The number of hydrogen-bond acceptors (Lipinski definition) is 5. The number of nitrogens with zero attached hydrogens (tertiary/aromatic N) is 2. The van der Waals surface area contributed by atoms with Gasteiger partial charge in [-0.2, -0.15) is 0 Å². The van der Waals surface area contributed by atoms with E-state index in [1.54, 1.807) is 29.0 Å². The van der Waals surface area contributed by atoms with Gasteiger partial charge in [-0.25, -0.2) is 4.98 Å². The summed E-state index contributed by atoms with van der Waals surface area (Å²) < 4.78 is 1.09. The van der Waals surface area contributed by atoms with E-state index >= 15 is 0 Å². The first-order valence-corrected chi connectivity index (χ1v) is 5.01. The van der Waals surface area contributed by atoms with Crippen molar-refractivity contribution in [3.05, 3.63) is 17.6 Å². The van der Waals surface area contributed by atoms with E-state index in [4.69, 9.17) is 10.6 Å². The summed E-state index contributed by atoms with van der Waals surface area (Å²) in [6.07, 6.45) is 0. The highest BCUT2D eigenvalue weighted by Crippen LogP contribution is 2.31. The van der Waals surface area contributed by atoms with Crippen LogP contribution in [0.4, 0.5) is 11.4 Å². The molecule has 0 spiro atoms. The molecule has 1 aromatic carbocycles. The van der Waals surface area contributed by atoms with Crippen molar-refractivity contribution in [2.24, 2.45) is 0 Å². The van der Waals surface area contributed by atoms with E-state index in [1.807, 2.05) is 19.2 Å². The summed E-state index contributed by atoms with van der Waals surface area (Å²) in [6.45, 7) is 0. The fourth-order valence-corrected chi connectivity index (χ4v) is 2.01. The molecule has 0 amide bonds. The van der Waals surface area contributed by atoms with Gasteiger partial charge in [0.25, 0.3) is 0 Å². The van der Waals surface area contributed by atoms with Crippen LogP contribution in [-0.2, 0) is 4.84 Å². The summed E-state index contributed by atoms with van der Waals surface area (Å²) in [5, 5.41) is 1.62. The molecular formula is C9H11N3OS. The van der Waals surface area contributed by atoms with E-state index in [9.17, 15) is 0 Å². The first-order chi connectivity index (χ1) is 6.74. The summed E-state index contributed by atoms with van der Waals surface area (Å²) in [6, 6.07) is 3.92. The van der Waals surface area contributed by atoms with Crippen molar-refractivity contribution in [2.45, 2.75) is 0 Å². The van der Waals surface area contributed by atoms with Gasteiger partial charge in [0.1, 0.15) is 5.52 Å². The predicted molar refractivity (Wildman–Crippen MR) is 59.4 cm³/mol. The van der Waals surface area contributed by atoms with E-state index in [1.165, 1.54) is 0 Å². The third-order valence-corrected chi connectivity index (χ3v) is 2.93. The first kappa shape index (κ1) is 9.23. The summed E-state index contributed by atoms with van der Waals surface area (Å²) in [7, 11) is 3.41. The standard InChI is InChI=1S/C9H11N3OS/c1-12(13-2)6-3-4-7-9(8(6)10)11-5-14-7/h3-5H,10H2,1-2H3. The molecule has 1 heterocycles. The van der Waals surface area contributed by atoms with Gasteiger partial charge in [0.15, 0.2) is 0 Å². The summed E-state index contributed by atoms with van der Waals surface area (Å²) in [4.78, 5) is 9.28. The predicted octanol–water partition coefficient (Wildman–Crippen LogP) is 1.88. The van der Waals surface area contributed by atoms with E-state index in [0.29, 0.717) is 5.69 Å². The highest BCUT2D eigenvalue weighted by Gasteiger charge is 2.09. The number of nitrogen functional groups attached to an aromatic ring is 1. The molecule has 74 valence electrons. The Morgan fingerprint density at radius 2 is 2.29 bits per heavy atom. The van der Waals surface area contributed by atoms with Crippen molar-refractivity contribution in [1.82, 2.24) is 4.98 Å². The molecule has 0 bridgehead atoms. The third kappa shape index (κ3) is 1.30. The lowest BCUT2D eigenvalue weighted by molar-refractivity contribution is 0.185. The molecule has 2 rings (SSSR count). The minimum atomic E-state index is 0.660. The largest absolute Gasteiger partial charge is 0.395 e. The molecule has 0 saturated carbocycles. The van der Waals surface area contributed by atoms with Gasteiger partial charge in [-0.3, -0.25) is 9.90 Å². The van der Waals surface area contributed by atoms with Gasteiger partial charge in [-0.05, 0) is 12.1 Å². The van der Waals surface area contributed by atoms with E-state index < -0.39 is 0 Å². The van der Waals surface area contributed by atoms with Crippen molar-refractivity contribution in [2.75, 3.05) is 25.0 Å². The lowest BCUT2D eigenvalue weighted by atomic mass is 10.2. The molecular weight excluding hydrogens is 198 g/mol. The number of hydrogen-bond donors (Lipinski definition) is 1. The Morgan fingerprint density at radius 3 is 3.00 bits per heavy atom. The van der Waals surface area contributed by atoms with Gasteiger partial charge in [0.2, 0.25) is 0 Å². The van der Waals surface area contributed by atoms with Crippen LogP contribution in [0.1, 0.15) is 0 Å². The third-order valence-electron chi connectivity index (χ3n) is 2.13. The van der Waals surface area contributed by atoms with Gasteiger partial charge < -0.3 is 5.73 Å². The zero-order valence-corrected chi connectivity index (χ0v) is 8.84. The molecule has 14 heavy (non-hydrogen) atoms. The van der Waals surface area contributed by atoms with Crippen molar-refractivity contribution < 1.29 is 4.84 Å². The summed E-state index contributed by atoms with van der Waals surface area (Å²) in [5.41, 5.74) is 10.1. The van der Waals surface area contributed by atoms with Crippen LogP contribution in [0, 0.1) is 0 Å². The van der Waals surface area contributed by atoms with Crippen LogP contribution in [-0.4, -0.2) is 19.1 Å². The number of hydroxylamine groups is 1. The molecule has 0 atom stereocenters. The molecule has 0 unspecified atom stereocenters. The molecule has 2 aromatic rings. The van der Waals surface area contributed by atoms with Crippen LogP contribution in [0.2, 0.25) is 0 Å². The second-order valence-electron chi connectivity index (χ2n) is 2.88. The number of fused-ring (bicyclic) bond motifs is 1. The highest BCUT2D eigenvalue weighted by molar-refractivity contribution is 7.16. The fourth-order valence-electron chi connectivity index (χ4n) is 1.31. The quantitative estimate of drug-likeness (QED) is 0.606. The van der Waals surface area contributed by atoms with Crippen LogP contribution in [0.5, 0.6) is 0 Å². The average molecular weight is 209 g/mol. The lowest BCUT2D eigenvalue weighted by Gasteiger charge is -2.17. The minimum Gasteiger partial charge on any atom is -0.395 e. The molecule has 1 aromatic heterocycles. The summed E-state index contributed by atoms with van der Waals surface area (Å²) >= 11 is 1.58. The Morgan fingerprint density at radius 1 is 1.50 bits per heavy atom. The Hall–Kier alpha value is -1.33. The van der Waals surface area contributed by atoms with Crippen LogP contribution in [0.3, 0.4) is 0 Å². The molecule has 0 saturated heterocycles. The molecule has 0 fully saturated rings. The normalized spacial score (nSPS) is 10.7. The van der Waals surface area contributed by atoms with Crippen molar-refractivity contribution >= 4 is 32.9 Å². The Bertz CT molecular complexity index is 454. The van der Waals surface area contributed by atoms with Crippen LogP contribution >= 0.6 is 11.3 Å². The number of benzene rings is 1. The minimum absolute atomic E-state index is 0.660. The SMILES string of the molecule is CON(C)c1ccc2scnc2c1N. The Kier molecular flexibility index (Phi) is 2.26. The van der Waals surface area contributed by atoms with Crippen LogP contribution in [0.15, 0.2) is 17.6 Å². The second-order valence-corrected chi connectivity index (χ2v) is 3.76. The molecule has 2 N–H and O–H groups in total. The zero-order valence-electron chi connectivity index (χ0n) is 8.02. The fraction of sp³-hybridized carbons (Fsp3) is 0.222. The highest BCUT2D eigenvalue weighted by atomic mass is 32.1. The van der Waals surface area contributed by atoms with Crippen molar-refractivity contribution in [3.8, 4) is 0 Å². The lowest BCUT2D eigenvalue weighted by Crippen LogP contribution is -2.16. The zero-order chi connectivity index (χ0) is 10.1. The molecule has 0 radical (unpaired) electrons. The monoisotopic (exact) mass is 209 g/mol. The maximum atomic E-state index is 5.96. The number of anilines is 2. The number of nitrogens with two attached hydrogens (primary N) is 1. The van der Waals surface area contributed by atoms with Crippen LogP contribution in [0.25, 0.3) is 10.2 Å². The van der Waals surface area contributed by atoms with Crippen molar-refractivity contribution in [3.63, 3.8) is 0 Å². The number of rotatable bonds is 2. The summed E-state index contributed by atoms with van der Waals surface area (Å²) in [5.74, 6) is 0. The van der Waals surface area contributed by atoms with E-state index in [0.717, 1.165) is 15.9 Å². The molecule has 5 heteroatoms. The van der Waals surface area contributed by atoms with Gasteiger partial charge in [0, 0.05) is 7.05 Å². The topological polar surface area (TPSA) is 51.4 Å². The Balaban J connectivity index is 2.61. The molecule has 4 nitrogen and oxygen atoms in total. The van der Waals surface area contributed by atoms with Crippen LogP contribution < -0.4 is 10.8 Å². The van der Waals surface area contributed by atoms with Gasteiger partial charge >= 0.3 is 0 Å². The van der Waals surface area contributed by atoms with Gasteiger partial charge in [-0.1, -0.05) is 0 Å². The van der Waals surface area contributed by atoms with Gasteiger partial charge in [0.05, 0.1) is 28.7 Å². The first-order valence-electron chi connectivity index (χ1n) is 4.13. The Labute approximate surface area is 85.9 Å². The molecule has 0 aliphatic carbocycles. The smallest absolute Gasteiger partial charge is 0.106 e. The van der Waals surface area contributed by atoms with Gasteiger partial charge in [-0.15, -0.1) is 11.3 Å². The van der Waals surface area contributed by atoms with E-state index in [2.05, 4.69) is 4.98 Å². The number of aromatic nitrogens is 1. The molecule has 0 aliphatic rings.